The Labute approximate surface area is 266 Å². The zero-order valence-corrected chi connectivity index (χ0v) is 25.5. The van der Waals surface area contributed by atoms with Gasteiger partial charge < -0.3 is 20.1 Å². The van der Waals surface area contributed by atoms with Crippen LogP contribution in [0.5, 0.6) is 5.75 Å². The van der Waals surface area contributed by atoms with Gasteiger partial charge in [0.1, 0.15) is 11.8 Å². The molecule has 0 spiro atoms. The first-order valence-electron chi connectivity index (χ1n) is 14.7. The highest BCUT2D eigenvalue weighted by Gasteiger charge is 2.21. The third-order valence-corrected chi connectivity index (χ3v) is 8.03. The first-order valence-corrected chi connectivity index (χ1v) is 15.7. The highest BCUT2D eigenvalue weighted by molar-refractivity contribution is 7.08. The Morgan fingerprint density at radius 3 is 2.18 bits per heavy atom. The number of anilines is 2. The van der Waals surface area contributed by atoms with E-state index >= 15 is 0 Å². The number of rotatable bonds is 15. The molecule has 0 bridgehead atoms. The molecule has 0 aliphatic rings. The van der Waals surface area contributed by atoms with Gasteiger partial charge in [-0.1, -0.05) is 72.8 Å². The Bertz CT molecular complexity index is 1690. The molecule has 1 atom stereocenters. The van der Waals surface area contributed by atoms with Crippen LogP contribution < -0.4 is 15.0 Å². The number of carboxylic acids is 1. The average Bonchev–Trinajstić information content (AvgIpc) is 3.59. The van der Waals surface area contributed by atoms with E-state index in [9.17, 15) is 19.5 Å². The minimum atomic E-state index is -1.02. The number of benzene rings is 4. The van der Waals surface area contributed by atoms with Crippen molar-refractivity contribution in [1.82, 2.24) is 0 Å². The summed E-state index contributed by atoms with van der Waals surface area (Å²) in [7, 11) is 0. The molecule has 45 heavy (non-hydrogen) atoms. The maximum atomic E-state index is 13.1. The van der Waals surface area contributed by atoms with E-state index in [1.54, 1.807) is 64.8 Å². The van der Waals surface area contributed by atoms with Crippen molar-refractivity contribution in [2.24, 2.45) is 0 Å². The SMILES string of the molecule is O=C(c1ccccc1)c1ccccc1N[C@@H](Cc1ccc(OCCCN(C(=O)Cc2ccsc2)c2ccccc2)cc1)C(=O)O. The summed E-state index contributed by atoms with van der Waals surface area (Å²) in [6.45, 7) is 0.936. The third-order valence-electron chi connectivity index (χ3n) is 7.30. The molecule has 0 aliphatic heterocycles. The molecule has 0 radical (unpaired) electrons. The average molecular weight is 619 g/mol. The lowest BCUT2D eigenvalue weighted by molar-refractivity contribution is -0.137. The standard InChI is InChI=1S/C37H34N2O5S/c40-35(25-28-20-23-45-26-28)39(30-12-5-2-6-13-30)21-9-22-44-31-18-16-27(17-19-31)24-34(37(42)43)38-33-15-8-7-14-32(33)36(41)29-10-3-1-4-11-29/h1-8,10-20,23,26,34,38H,9,21-22,24-25H2,(H,42,43)/t34-/m0/s1. The van der Waals surface area contributed by atoms with Gasteiger partial charge in [0, 0.05) is 35.5 Å². The summed E-state index contributed by atoms with van der Waals surface area (Å²) in [4.78, 5) is 40.2. The molecule has 0 aliphatic carbocycles. The van der Waals surface area contributed by atoms with Crippen molar-refractivity contribution in [3.63, 3.8) is 0 Å². The smallest absolute Gasteiger partial charge is 0.326 e. The number of nitrogens with one attached hydrogen (secondary N) is 1. The molecule has 0 saturated carbocycles. The highest BCUT2D eigenvalue weighted by atomic mass is 32.1. The van der Waals surface area contributed by atoms with Crippen LogP contribution in [0.25, 0.3) is 0 Å². The van der Waals surface area contributed by atoms with Crippen LogP contribution in [-0.4, -0.2) is 42.0 Å². The third kappa shape index (κ3) is 8.68. The number of aliphatic carboxylic acids is 1. The maximum Gasteiger partial charge on any atom is 0.326 e. The lowest BCUT2D eigenvalue weighted by atomic mass is 10.00. The first kappa shape index (κ1) is 31.2. The van der Waals surface area contributed by atoms with Crippen molar-refractivity contribution >= 4 is 40.4 Å². The summed E-state index contributed by atoms with van der Waals surface area (Å²) in [6.07, 6.45) is 1.20. The molecule has 0 fully saturated rings. The second-order valence-electron chi connectivity index (χ2n) is 10.5. The predicted molar refractivity (Wildman–Crippen MR) is 178 cm³/mol. The molecular weight excluding hydrogens is 584 g/mol. The maximum absolute atomic E-state index is 13.1. The molecule has 0 unspecified atom stereocenters. The van der Waals surface area contributed by atoms with Gasteiger partial charge in [-0.2, -0.15) is 11.3 Å². The van der Waals surface area contributed by atoms with Crippen LogP contribution in [-0.2, 0) is 22.4 Å². The van der Waals surface area contributed by atoms with Crippen LogP contribution in [0.3, 0.4) is 0 Å². The number of para-hydroxylation sites is 2. The zero-order chi connectivity index (χ0) is 31.4. The van der Waals surface area contributed by atoms with Gasteiger partial charge in [0.05, 0.1) is 13.0 Å². The fourth-order valence-electron chi connectivity index (χ4n) is 4.98. The van der Waals surface area contributed by atoms with Crippen LogP contribution in [0.1, 0.15) is 33.5 Å². The second kappa shape index (κ2) is 15.5. The summed E-state index contributed by atoms with van der Waals surface area (Å²) >= 11 is 1.58. The minimum absolute atomic E-state index is 0.0394. The Hall–Kier alpha value is -5.21. The highest BCUT2D eigenvalue weighted by Crippen LogP contribution is 2.22. The van der Waals surface area contributed by atoms with Gasteiger partial charge in [0.25, 0.3) is 0 Å². The fourth-order valence-corrected chi connectivity index (χ4v) is 5.65. The molecule has 5 rings (SSSR count). The number of carboxylic acid groups (broad SMARTS) is 1. The number of ether oxygens (including phenoxy) is 1. The minimum Gasteiger partial charge on any atom is -0.494 e. The molecular formula is C37H34N2O5S. The van der Waals surface area contributed by atoms with Gasteiger partial charge in [-0.15, -0.1) is 0 Å². The number of carbonyl (C=O) groups is 3. The molecule has 2 N–H and O–H groups in total. The van der Waals surface area contributed by atoms with E-state index in [4.69, 9.17) is 4.74 Å². The van der Waals surface area contributed by atoms with Crippen molar-refractivity contribution in [3.05, 3.63) is 148 Å². The van der Waals surface area contributed by atoms with E-state index < -0.39 is 12.0 Å². The number of hydrogen-bond acceptors (Lipinski definition) is 6. The Morgan fingerprint density at radius 1 is 0.800 bits per heavy atom. The van der Waals surface area contributed by atoms with E-state index in [1.807, 2.05) is 77.5 Å². The number of thiophene rings is 1. The molecule has 1 heterocycles. The Kier molecular flexibility index (Phi) is 10.8. The van der Waals surface area contributed by atoms with Crippen molar-refractivity contribution < 1.29 is 24.2 Å². The van der Waals surface area contributed by atoms with Gasteiger partial charge in [-0.05, 0) is 70.8 Å². The van der Waals surface area contributed by atoms with E-state index in [0.717, 1.165) is 16.8 Å². The van der Waals surface area contributed by atoms with E-state index in [0.29, 0.717) is 48.6 Å². The van der Waals surface area contributed by atoms with Crippen LogP contribution in [0.4, 0.5) is 11.4 Å². The van der Waals surface area contributed by atoms with Gasteiger partial charge in [-0.3, -0.25) is 9.59 Å². The second-order valence-corrected chi connectivity index (χ2v) is 11.3. The lowest BCUT2D eigenvalue weighted by Crippen LogP contribution is -2.33. The molecule has 228 valence electrons. The van der Waals surface area contributed by atoms with E-state index in [-0.39, 0.29) is 18.1 Å². The van der Waals surface area contributed by atoms with Gasteiger partial charge in [0.2, 0.25) is 5.91 Å². The molecule has 0 saturated heterocycles. The summed E-state index contributed by atoms with van der Waals surface area (Å²) in [5.74, 6) is -0.497. The van der Waals surface area contributed by atoms with Gasteiger partial charge in [-0.25, -0.2) is 4.79 Å². The van der Waals surface area contributed by atoms with Crippen molar-refractivity contribution in [2.45, 2.75) is 25.3 Å². The summed E-state index contributed by atoms with van der Waals surface area (Å²) in [6, 6.07) is 33.8. The fraction of sp³-hybridized carbons (Fsp3) is 0.162. The van der Waals surface area contributed by atoms with E-state index in [2.05, 4.69) is 5.32 Å². The topological polar surface area (TPSA) is 95.9 Å². The lowest BCUT2D eigenvalue weighted by Gasteiger charge is -2.23. The molecule has 5 aromatic rings. The molecule has 1 amide bonds. The van der Waals surface area contributed by atoms with Crippen molar-refractivity contribution in [2.75, 3.05) is 23.4 Å². The summed E-state index contributed by atoms with van der Waals surface area (Å²) in [5, 5.41) is 17.0. The first-order chi connectivity index (χ1) is 22.0. The quantitative estimate of drug-likeness (QED) is 0.0957. The van der Waals surface area contributed by atoms with Gasteiger partial charge in [0.15, 0.2) is 5.78 Å². The molecule has 4 aromatic carbocycles. The molecule has 1 aromatic heterocycles. The monoisotopic (exact) mass is 618 g/mol. The summed E-state index contributed by atoms with van der Waals surface area (Å²) < 4.78 is 5.96. The number of nitrogens with zero attached hydrogens (tertiary/aromatic N) is 1. The van der Waals surface area contributed by atoms with Crippen LogP contribution >= 0.6 is 11.3 Å². The summed E-state index contributed by atoms with van der Waals surface area (Å²) in [5.41, 5.74) is 4.09. The number of carbonyl (C=O) groups excluding carboxylic acids is 2. The Morgan fingerprint density at radius 2 is 1.49 bits per heavy atom. The molecule has 8 heteroatoms. The normalized spacial score (nSPS) is 11.4. The van der Waals surface area contributed by atoms with Crippen LogP contribution in [0, 0.1) is 0 Å². The van der Waals surface area contributed by atoms with Crippen molar-refractivity contribution in [1.29, 1.82) is 0 Å². The molecule has 7 nitrogen and oxygen atoms in total. The zero-order valence-electron chi connectivity index (χ0n) is 24.7. The number of amides is 1. The van der Waals surface area contributed by atoms with Crippen molar-refractivity contribution in [3.8, 4) is 5.75 Å². The predicted octanol–water partition coefficient (Wildman–Crippen LogP) is 7.13. The number of ketones is 1. The number of hydrogen-bond donors (Lipinski definition) is 2. The van der Waals surface area contributed by atoms with E-state index in [1.165, 1.54) is 0 Å². The van der Waals surface area contributed by atoms with Crippen LogP contribution in [0.2, 0.25) is 0 Å². The van der Waals surface area contributed by atoms with Gasteiger partial charge >= 0.3 is 5.97 Å². The Balaban J connectivity index is 1.16. The largest absolute Gasteiger partial charge is 0.494 e. The van der Waals surface area contributed by atoms with Crippen LogP contribution in [0.15, 0.2) is 126 Å².